The van der Waals surface area contributed by atoms with E-state index >= 15 is 0 Å². The van der Waals surface area contributed by atoms with Gasteiger partial charge in [0.05, 0.1) is 5.52 Å². The molecule has 8 heteroatoms. The highest BCUT2D eigenvalue weighted by molar-refractivity contribution is 7.89. The maximum absolute atomic E-state index is 12.7. The van der Waals surface area contributed by atoms with Crippen LogP contribution in [0, 0.1) is 0 Å². The van der Waals surface area contributed by atoms with Crippen LogP contribution in [0.25, 0.3) is 10.9 Å². The zero-order valence-corrected chi connectivity index (χ0v) is 15.3. The minimum Gasteiger partial charge on any atom is -0.336 e. The van der Waals surface area contributed by atoms with Crippen molar-refractivity contribution in [2.45, 2.75) is 17.4 Å². The van der Waals surface area contributed by atoms with Gasteiger partial charge in [0.25, 0.3) is 5.91 Å². The Balaban J connectivity index is 1.47. The van der Waals surface area contributed by atoms with Gasteiger partial charge in [-0.1, -0.05) is 24.3 Å². The van der Waals surface area contributed by atoms with Crippen LogP contribution in [0.4, 0.5) is 0 Å². The van der Waals surface area contributed by atoms with Gasteiger partial charge in [0, 0.05) is 36.9 Å². The number of carbonyl (C=O) groups excluding carboxylic acids is 1. The third-order valence-electron chi connectivity index (χ3n) is 4.56. The number of pyridine rings is 2. The lowest BCUT2D eigenvalue weighted by Gasteiger charge is -2.17. The Hall–Kier alpha value is -2.84. The topological polar surface area (TPSA) is 92.3 Å². The predicted molar refractivity (Wildman–Crippen MR) is 101 cm³/mol. The summed E-state index contributed by atoms with van der Waals surface area (Å²) in [4.78, 5) is 22.5. The smallest absolute Gasteiger partial charge is 0.272 e. The second kappa shape index (κ2) is 7.05. The van der Waals surface area contributed by atoms with Crippen molar-refractivity contribution in [1.29, 1.82) is 0 Å². The van der Waals surface area contributed by atoms with Gasteiger partial charge in [0.1, 0.15) is 10.6 Å². The molecule has 3 aromatic rings. The van der Waals surface area contributed by atoms with Crippen molar-refractivity contribution in [3.8, 4) is 0 Å². The van der Waals surface area contributed by atoms with Crippen LogP contribution in [-0.2, 0) is 10.0 Å². The molecule has 7 nitrogen and oxygen atoms in total. The lowest BCUT2D eigenvalue weighted by atomic mass is 10.2. The molecule has 4 rings (SSSR count). The van der Waals surface area contributed by atoms with Gasteiger partial charge in [-0.05, 0) is 30.7 Å². The number of nitrogens with one attached hydrogen (secondary N) is 1. The number of hydrogen-bond acceptors (Lipinski definition) is 5. The van der Waals surface area contributed by atoms with Gasteiger partial charge in [-0.25, -0.2) is 13.1 Å². The van der Waals surface area contributed by atoms with Crippen LogP contribution >= 0.6 is 0 Å². The number of aromatic nitrogens is 2. The van der Waals surface area contributed by atoms with Crippen molar-refractivity contribution in [3.63, 3.8) is 0 Å². The van der Waals surface area contributed by atoms with Crippen LogP contribution in [0.15, 0.2) is 65.8 Å². The maximum atomic E-state index is 12.7. The molecule has 1 fully saturated rings. The molecule has 27 heavy (non-hydrogen) atoms. The van der Waals surface area contributed by atoms with Crippen molar-refractivity contribution in [2.24, 2.45) is 0 Å². The lowest BCUT2D eigenvalue weighted by molar-refractivity contribution is 0.0784. The summed E-state index contributed by atoms with van der Waals surface area (Å²) in [6.07, 6.45) is 3.48. The summed E-state index contributed by atoms with van der Waals surface area (Å²) in [5.74, 6) is -0.190. The molecule has 138 valence electrons. The van der Waals surface area contributed by atoms with Crippen molar-refractivity contribution < 1.29 is 13.2 Å². The third-order valence-corrected chi connectivity index (χ3v) is 6.04. The van der Waals surface area contributed by atoms with Crippen LogP contribution < -0.4 is 4.72 Å². The highest BCUT2D eigenvalue weighted by Gasteiger charge is 2.30. The molecule has 1 amide bonds. The number of fused-ring (bicyclic) bond motifs is 1. The van der Waals surface area contributed by atoms with Crippen molar-refractivity contribution in [1.82, 2.24) is 19.6 Å². The van der Waals surface area contributed by atoms with Gasteiger partial charge >= 0.3 is 0 Å². The van der Waals surface area contributed by atoms with Gasteiger partial charge in [-0.15, -0.1) is 0 Å². The van der Waals surface area contributed by atoms with Crippen molar-refractivity contribution in [3.05, 3.63) is 66.6 Å². The fourth-order valence-electron chi connectivity index (χ4n) is 3.18. The van der Waals surface area contributed by atoms with E-state index in [1.54, 1.807) is 35.4 Å². The van der Waals surface area contributed by atoms with E-state index in [2.05, 4.69) is 14.7 Å². The van der Waals surface area contributed by atoms with Crippen LogP contribution in [-0.4, -0.2) is 48.3 Å². The number of benzene rings is 1. The molecule has 1 aromatic carbocycles. The second-order valence-electron chi connectivity index (χ2n) is 6.44. The van der Waals surface area contributed by atoms with Gasteiger partial charge < -0.3 is 4.90 Å². The molecule has 0 aliphatic carbocycles. The van der Waals surface area contributed by atoms with Crippen molar-refractivity contribution >= 4 is 26.8 Å². The average molecular weight is 382 g/mol. The molecule has 2 aromatic heterocycles. The second-order valence-corrected chi connectivity index (χ2v) is 8.15. The molecular formula is C19H18N4O3S. The number of carbonyl (C=O) groups is 1. The first-order chi connectivity index (χ1) is 13.0. The van der Waals surface area contributed by atoms with Crippen LogP contribution in [0.5, 0.6) is 0 Å². The molecular weight excluding hydrogens is 364 g/mol. The molecule has 1 aliphatic heterocycles. The van der Waals surface area contributed by atoms with E-state index in [1.807, 2.05) is 24.3 Å². The zero-order valence-electron chi connectivity index (χ0n) is 14.4. The number of sulfonamides is 1. The molecule has 1 atom stereocenters. The highest BCUT2D eigenvalue weighted by atomic mass is 32.2. The normalized spacial score (nSPS) is 17.3. The summed E-state index contributed by atoms with van der Waals surface area (Å²) in [6.45, 7) is 0.800. The number of rotatable bonds is 4. The molecule has 0 saturated carbocycles. The SMILES string of the molecule is O=C(c1ccccn1)N1CCC(NS(=O)(=O)c2cnc3ccccc3c2)C1. The Morgan fingerprint density at radius 1 is 1.11 bits per heavy atom. The molecule has 1 saturated heterocycles. The molecule has 1 aliphatic rings. The fraction of sp³-hybridized carbons (Fsp3) is 0.211. The van der Waals surface area contributed by atoms with Gasteiger partial charge in [0.15, 0.2) is 0 Å². The van der Waals surface area contributed by atoms with E-state index in [9.17, 15) is 13.2 Å². The molecule has 1 unspecified atom stereocenters. The number of nitrogens with zero attached hydrogens (tertiary/aromatic N) is 3. The number of para-hydroxylation sites is 1. The first-order valence-corrected chi connectivity index (χ1v) is 10.1. The van der Waals surface area contributed by atoms with Crippen LogP contribution in [0.3, 0.4) is 0 Å². The molecule has 0 spiro atoms. The maximum Gasteiger partial charge on any atom is 0.272 e. The summed E-state index contributed by atoms with van der Waals surface area (Å²) >= 11 is 0. The Labute approximate surface area is 157 Å². The highest BCUT2D eigenvalue weighted by Crippen LogP contribution is 2.19. The number of amides is 1. The Bertz CT molecular complexity index is 1090. The fourth-order valence-corrected chi connectivity index (χ4v) is 4.42. The largest absolute Gasteiger partial charge is 0.336 e. The average Bonchev–Trinajstić information content (AvgIpc) is 3.15. The summed E-state index contributed by atoms with van der Waals surface area (Å²) in [7, 11) is -3.72. The Kier molecular flexibility index (Phi) is 4.59. The van der Waals surface area contributed by atoms with Crippen LogP contribution in [0.2, 0.25) is 0 Å². The lowest BCUT2D eigenvalue weighted by Crippen LogP contribution is -2.38. The van der Waals surface area contributed by atoms with E-state index in [-0.39, 0.29) is 16.8 Å². The molecule has 0 bridgehead atoms. The summed E-state index contributed by atoms with van der Waals surface area (Å²) in [5.41, 5.74) is 1.10. The molecule has 0 radical (unpaired) electrons. The summed E-state index contributed by atoms with van der Waals surface area (Å²) in [5, 5.41) is 0.763. The Morgan fingerprint density at radius 2 is 1.93 bits per heavy atom. The first-order valence-electron chi connectivity index (χ1n) is 8.60. The summed E-state index contributed by atoms with van der Waals surface area (Å²) in [6, 6.07) is 13.8. The number of likely N-dealkylation sites (tertiary alicyclic amines) is 1. The predicted octanol–water partition coefficient (Wildman–Crippen LogP) is 1.82. The van der Waals surface area contributed by atoms with Crippen molar-refractivity contribution in [2.75, 3.05) is 13.1 Å². The summed E-state index contributed by atoms with van der Waals surface area (Å²) < 4.78 is 28.1. The third kappa shape index (κ3) is 3.67. The van der Waals surface area contributed by atoms with Gasteiger partial charge in [-0.3, -0.25) is 14.8 Å². The quantitative estimate of drug-likeness (QED) is 0.743. The number of hydrogen-bond donors (Lipinski definition) is 1. The van der Waals surface area contributed by atoms with Gasteiger partial charge in [0.2, 0.25) is 10.0 Å². The zero-order chi connectivity index (χ0) is 18.9. The standard InChI is InChI=1S/C19H18N4O3S/c24-19(18-7-3-4-9-20-18)23-10-8-15(13-23)22-27(25,26)16-11-14-5-1-2-6-17(14)21-12-16/h1-7,9,11-12,15,22H,8,10,13H2. The molecule has 3 heterocycles. The van der Waals surface area contributed by atoms with E-state index in [1.165, 1.54) is 6.20 Å². The van der Waals surface area contributed by atoms with Crippen LogP contribution in [0.1, 0.15) is 16.9 Å². The monoisotopic (exact) mass is 382 g/mol. The Morgan fingerprint density at radius 3 is 2.74 bits per heavy atom. The van der Waals surface area contributed by atoms with E-state index in [4.69, 9.17) is 0 Å². The minimum absolute atomic E-state index is 0.121. The first kappa shape index (κ1) is 17.6. The van der Waals surface area contributed by atoms with E-state index in [0.717, 1.165) is 10.9 Å². The van der Waals surface area contributed by atoms with E-state index < -0.39 is 10.0 Å². The van der Waals surface area contributed by atoms with E-state index in [0.29, 0.717) is 25.2 Å². The van der Waals surface area contributed by atoms with Gasteiger partial charge in [-0.2, -0.15) is 0 Å². The minimum atomic E-state index is -3.72. The molecule has 1 N–H and O–H groups in total.